The van der Waals surface area contributed by atoms with E-state index in [0.29, 0.717) is 26.3 Å². The molecule has 0 radical (unpaired) electrons. The first-order valence-corrected chi connectivity index (χ1v) is 11.0. The van der Waals surface area contributed by atoms with Crippen molar-refractivity contribution in [2.24, 2.45) is 0 Å². The molecule has 2 fully saturated rings. The molecule has 128 valence electrons. The number of aryl methyl sites for hydroxylation is 1. The van der Waals surface area contributed by atoms with Gasteiger partial charge in [0.25, 0.3) is 0 Å². The largest absolute Gasteiger partial charge is 0.379 e. The van der Waals surface area contributed by atoms with Crippen LogP contribution in [-0.2, 0) is 24.4 Å². The Balaban J connectivity index is 1.95. The van der Waals surface area contributed by atoms with Gasteiger partial charge in [-0.2, -0.15) is 0 Å². The zero-order chi connectivity index (χ0) is 16.7. The van der Waals surface area contributed by atoms with Crippen molar-refractivity contribution in [1.29, 1.82) is 0 Å². The lowest BCUT2D eigenvalue weighted by molar-refractivity contribution is 0.0222. The van der Waals surface area contributed by atoms with E-state index in [1.54, 1.807) is 24.3 Å². The average Bonchev–Trinajstić information content (AvgIpc) is 2.85. The molecule has 2 saturated heterocycles. The van der Waals surface area contributed by atoms with E-state index in [1.807, 2.05) is 11.8 Å². The van der Waals surface area contributed by atoms with Gasteiger partial charge in [0.15, 0.2) is 19.7 Å². The molecule has 2 unspecified atom stereocenters. The molecule has 2 atom stereocenters. The van der Waals surface area contributed by atoms with Gasteiger partial charge >= 0.3 is 0 Å². The van der Waals surface area contributed by atoms with Crippen LogP contribution in [0.2, 0.25) is 0 Å². The Bertz CT molecular complexity index is 765. The number of rotatable bonds is 3. The topological polar surface area (TPSA) is 80.8 Å². The van der Waals surface area contributed by atoms with Crippen LogP contribution in [0, 0.1) is 6.92 Å². The summed E-state index contributed by atoms with van der Waals surface area (Å²) in [5, 5.41) is -0.909. The van der Waals surface area contributed by atoms with Crippen LogP contribution in [0.25, 0.3) is 0 Å². The Morgan fingerprint density at radius 1 is 1.09 bits per heavy atom. The molecule has 0 spiro atoms. The maximum atomic E-state index is 13.0. The first-order valence-electron chi connectivity index (χ1n) is 7.62. The fourth-order valence-electron chi connectivity index (χ4n) is 3.25. The fourth-order valence-corrected chi connectivity index (χ4v) is 8.08. The van der Waals surface area contributed by atoms with Crippen LogP contribution < -0.4 is 0 Å². The summed E-state index contributed by atoms with van der Waals surface area (Å²) < 4.78 is 55.4. The summed E-state index contributed by atoms with van der Waals surface area (Å²) in [5.41, 5.74) is 0.965. The molecule has 0 saturated carbocycles. The van der Waals surface area contributed by atoms with E-state index in [-0.39, 0.29) is 16.4 Å². The van der Waals surface area contributed by atoms with Gasteiger partial charge in [-0.25, -0.2) is 16.8 Å². The lowest BCUT2D eigenvalue weighted by atomic mass is 10.2. The molecule has 0 aromatic heterocycles. The molecule has 0 aliphatic carbocycles. The van der Waals surface area contributed by atoms with Crippen molar-refractivity contribution >= 4 is 19.7 Å². The second kappa shape index (κ2) is 6.16. The fraction of sp³-hybridized carbons (Fsp3) is 0.600. The summed E-state index contributed by atoms with van der Waals surface area (Å²) in [6.45, 7) is 4.04. The first kappa shape index (κ1) is 16.9. The summed E-state index contributed by atoms with van der Waals surface area (Å²) in [7, 11) is -7.04. The van der Waals surface area contributed by atoms with E-state index in [4.69, 9.17) is 4.74 Å². The predicted molar refractivity (Wildman–Crippen MR) is 87.0 cm³/mol. The Hall–Kier alpha value is -0.960. The van der Waals surface area contributed by atoms with Crippen LogP contribution in [0.15, 0.2) is 29.2 Å². The molecule has 2 heterocycles. The summed E-state index contributed by atoms with van der Waals surface area (Å²) in [5.74, 6) is -0.395. The highest BCUT2D eigenvalue weighted by atomic mass is 32.2. The Labute approximate surface area is 137 Å². The van der Waals surface area contributed by atoms with Crippen molar-refractivity contribution in [2.75, 3.05) is 37.8 Å². The molecule has 2 aliphatic heterocycles. The van der Waals surface area contributed by atoms with Crippen LogP contribution in [0.3, 0.4) is 0 Å². The summed E-state index contributed by atoms with van der Waals surface area (Å²) >= 11 is 0. The minimum Gasteiger partial charge on any atom is -0.379 e. The van der Waals surface area contributed by atoms with E-state index in [2.05, 4.69) is 0 Å². The second-order valence-corrected chi connectivity index (χ2v) is 10.5. The number of nitrogens with zero attached hydrogens (tertiary/aromatic N) is 1. The van der Waals surface area contributed by atoms with Crippen molar-refractivity contribution in [3.8, 4) is 0 Å². The SMILES string of the molecule is Cc1ccc(S(=O)(=O)C2CS(=O)(=O)CC2N2CCOCC2)cc1. The molecular formula is C15H21NO5S2. The molecule has 6 nitrogen and oxygen atoms in total. The molecular weight excluding hydrogens is 338 g/mol. The molecule has 0 bridgehead atoms. The molecule has 2 aliphatic rings. The third kappa shape index (κ3) is 3.45. The molecule has 0 N–H and O–H groups in total. The highest BCUT2D eigenvalue weighted by Crippen LogP contribution is 2.29. The monoisotopic (exact) mass is 359 g/mol. The number of hydrogen-bond acceptors (Lipinski definition) is 6. The van der Waals surface area contributed by atoms with E-state index < -0.39 is 31.0 Å². The minimum atomic E-state index is -3.69. The lowest BCUT2D eigenvalue weighted by Gasteiger charge is -2.34. The van der Waals surface area contributed by atoms with Gasteiger partial charge in [-0.3, -0.25) is 4.90 Å². The summed E-state index contributed by atoms with van der Waals surface area (Å²) in [6.07, 6.45) is 0. The summed E-state index contributed by atoms with van der Waals surface area (Å²) in [6, 6.07) is 6.10. The van der Waals surface area contributed by atoms with E-state index in [9.17, 15) is 16.8 Å². The minimum absolute atomic E-state index is 0.0945. The van der Waals surface area contributed by atoms with Crippen molar-refractivity contribution in [3.63, 3.8) is 0 Å². The van der Waals surface area contributed by atoms with Crippen LogP contribution in [0.5, 0.6) is 0 Å². The standard InChI is InChI=1S/C15H21NO5S2/c1-12-2-4-13(5-3-12)23(19,20)15-11-22(17,18)10-14(15)16-6-8-21-9-7-16/h2-5,14-15H,6-11H2,1H3. The van der Waals surface area contributed by atoms with Crippen LogP contribution in [0.4, 0.5) is 0 Å². The quantitative estimate of drug-likeness (QED) is 0.770. The highest BCUT2D eigenvalue weighted by molar-refractivity contribution is 7.96. The molecule has 23 heavy (non-hydrogen) atoms. The van der Waals surface area contributed by atoms with Gasteiger partial charge < -0.3 is 4.74 Å². The Kier molecular flexibility index (Phi) is 4.52. The summed E-state index contributed by atoms with van der Waals surface area (Å²) in [4.78, 5) is 2.15. The third-order valence-corrected chi connectivity index (χ3v) is 8.67. The zero-order valence-electron chi connectivity index (χ0n) is 13.0. The highest BCUT2D eigenvalue weighted by Gasteiger charge is 2.48. The van der Waals surface area contributed by atoms with Gasteiger partial charge in [-0.05, 0) is 19.1 Å². The predicted octanol–water partition coefficient (Wildman–Crippen LogP) is 0.267. The Morgan fingerprint density at radius 2 is 1.70 bits per heavy atom. The number of morpholine rings is 1. The maximum Gasteiger partial charge on any atom is 0.183 e. The van der Waals surface area contributed by atoms with Crippen molar-refractivity contribution in [1.82, 2.24) is 4.90 Å². The second-order valence-electron chi connectivity index (χ2n) is 6.19. The van der Waals surface area contributed by atoms with Crippen LogP contribution in [-0.4, -0.2) is 70.8 Å². The normalized spacial score (nSPS) is 28.7. The maximum absolute atomic E-state index is 13.0. The van der Waals surface area contributed by atoms with Crippen molar-refractivity contribution in [2.45, 2.75) is 23.1 Å². The van der Waals surface area contributed by atoms with Gasteiger partial charge in [0.2, 0.25) is 0 Å². The number of ether oxygens (including phenoxy) is 1. The molecule has 8 heteroatoms. The van der Waals surface area contributed by atoms with E-state index >= 15 is 0 Å². The molecule has 0 amide bonds. The van der Waals surface area contributed by atoms with Gasteiger partial charge in [0.05, 0.1) is 34.9 Å². The number of hydrogen-bond donors (Lipinski definition) is 0. The van der Waals surface area contributed by atoms with Gasteiger partial charge in [0, 0.05) is 19.1 Å². The first-order chi connectivity index (χ1) is 10.8. The van der Waals surface area contributed by atoms with Gasteiger partial charge in [-0.15, -0.1) is 0 Å². The smallest absolute Gasteiger partial charge is 0.183 e. The van der Waals surface area contributed by atoms with Crippen molar-refractivity contribution in [3.05, 3.63) is 29.8 Å². The Morgan fingerprint density at radius 3 is 2.30 bits per heavy atom. The molecule has 3 rings (SSSR count). The molecule has 1 aromatic rings. The van der Waals surface area contributed by atoms with E-state index in [1.165, 1.54) is 0 Å². The lowest BCUT2D eigenvalue weighted by Crippen LogP contribution is -2.50. The third-order valence-electron chi connectivity index (χ3n) is 4.53. The van der Waals surface area contributed by atoms with Gasteiger partial charge in [0.1, 0.15) is 0 Å². The molecule has 1 aromatic carbocycles. The van der Waals surface area contributed by atoms with Crippen molar-refractivity contribution < 1.29 is 21.6 Å². The number of sulfone groups is 2. The zero-order valence-corrected chi connectivity index (χ0v) is 14.6. The van der Waals surface area contributed by atoms with Crippen LogP contribution in [0.1, 0.15) is 5.56 Å². The van der Waals surface area contributed by atoms with E-state index in [0.717, 1.165) is 5.56 Å². The average molecular weight is 359 g/mol. The van der Waals surface area contributed by atoms with Gasteiger partial charge in [-0.1, -0.05) is 17.7 Å². The van der Waals surface area contributed by atoms with Crippen LogP contribution >= 0.6 is 0 Å². The number of benzene rings is 1.